The van der Waals surface area contributed by atoms with Crippen molar-refractivity contribution in [1.82, 2.24) is 5.32 Å². The molecule has 2 aromatic carbocycles. The second-order valence-corrected chi connectivity index (χ2v) is 6.15. The van der Waals surface area contributed by atoms with E-state index in [4.69, 9.17) is 0 Å². The van der Waals surface area contributed by atoms with Crippen LogP contribution in [0.2, 0.25) is 0 Å². The van der Waals surface area contributed by atoms with Crippen LogP contribution in [-0.2, 0) is 4.79 Å². The molecule has 1 amide bonds. The van der Waals surface area contributed by atoms with Gasteiger partial charge in [0.1, 0.15) is 5.75 Å². The zero-order valence-corrected chi connectivity index (χ0v) is 14.5. The van der Waals surface area contributed by atoms with Gasteiger partial charge in [-0.05, 0) is 49.8 Å². The van der Waals surface area contributed by atoms with Gasteiger partial charge >= 0.3 is 6.61 Å². The molecule has 2 aromatic rings. The third kappa shape index (κ3) is 3.85. The summed E-state index contributed by atoms with van der Waals surface area (Å²) in [6.07, 6.45) is 1.87. The van der Waals surface area contributed by atoms with Crippen LogP contribution in [0.5, 0.6) is 5.75 Å². The Morgan fingerprint density at radius 1 is 1.08 bits per heavy atom. The number of alkyl halides is 2. The van der Waals surface area contributed by atoms with Crippen molar-refractivity contribution in [3.05, 3.63) is 71.9 Å². The number of nitrogens with zero attached hydrogens (tertiary/aromatic N) is 1. The lowest BCUT2D eigenvalue weighted by Crippen LogP contribution is -2.35. The number of carbonyl (C=O) groups excluding carboxylic acids is 1. The average molecular weight is 358 g/mol. The van der Waals surface area contributed by atoms with Crippen molar-refractivity contribution in [2.45, 2.75) is 32.5 Å². The summed E-state index contributed by atoms with van der Waals surface area (Å²) in [5.74, 6) is -0.0881. The predicted octanol–water partition coefficient (Wildman–Crippen LogP) is 4.26. The van der Waals surface area contributed by atoms with Crippen LogP contribution in [0, 0.1) is 0 Å². The van der Waals surface area contributed by atoms with Gasteiger partial charge in [-0.15, -0.1) is 0 Å². The number of nitrogens with one attached hydrogen (secondary N) is 1. The minimum absolute atomic E-state index is 0.0135. The molecular weight excluding hydrogens is 338 g/mol. The third-order valence-corrected chi connectivity index (χ3v) is 4.28. The monoisotopic (exact) mass is 358 g/mol. The molecule has 3 rings (SSSR count). The molecule has 26 heavy (non-hydrogen) atoms. The van der Waals surface area contributed by atoms with Crippen LogP contribution in [0.3, 0.4) is 0 Å². The standard InChI is InChI=1S/C20H20F2N2O2/c1-13-12-18(23-14(2)15-6-4-3-5-7-15)19(25)24(13)16-8-10-17(11-9-16)26-20(21)22/h3-14,20,23H,1-2H3. The summed E-state index contributed by atoms with van der Waals surface area (Å²) < 4.78 is 28.9. The van der Waals surface area contributed by atoms with Crippen LogP contribution in [0.15, 0.2) is 66.4 Å². The molecule has 0 bridgehead atoms. The molecule has 1 aliphatic heterocycles. The largest absolute Gasteiger partial charge is 0.435 e. The van der Waals surface area contributed by atoms with Crippen LogP contribution in [0.25, 0.3) is 0 Å². The maximum atomic E-state index is 12.8. The Hall–Kier alpha value is -2.89. The van der Waals surface area contributed by atoms with E-state index < -0.39 is 6.61 Å². The van der Waals surface area contributed by atoms with E-state index in [2.05, 4.69) is 10.1 Å². The molecule has 1 N–H and O–H groups in total. The fourth-order valence-corrected chi connectivity index (χ4v) is 3.01. The van der Waals surface area contributed by atoms with Gasteiger partial charge in [0, 0.05) is 11.7 Å². The predicted molar refractivity (Wildman–Crippen MR) is 96.1 cm³/mol. The van der Waals surface area contributed by atoms with Gasteiger partial charge in [-0.1, -0.05) is 30.3 Å². The van der Waals surface area contributed by atoms with E-state index in [1.54, 1.807) is 17.0 Å². The van der Waals surface area contributed by atoms with E-state index >= 15 is 0 Å². The average Bonchev–Trinajstić information content (AvgIpc) is 2.89. The van der Waals surface area contributed by atoms with Crippen molar-refractivity contribution in [2.24, 2.45) is 0 Å². The lowest BCUT2D eigenvalue weighted by Gasteiger charge is -2.23. The van der Waals surface area contributed by atoms with Crippen LogP contribution >= 0.6 is 0 Å². The minimum atomic E-state index is -2.87. The number of anilines is 1. The maximum Gasteiger partial charge on any atom is 0.387 e. The fraction of sp³-hybridized carbons (Fsp3) is 0.250. The lowest BCUT2D eigenvalue weighted by molar-refractivity contribution is -0.115. The lowest BCUT2D eigenvalue weighted by atomic mass is 10.1. The van der Waals surface area contributed by atoms with Gasteiger partial charge in [0.05, 0.1) is 11.7 Å². The second-order valence-electron chi connectivity index (χ2n) is 6.15. The van der Waals surface area contributed by atoms with E-state index in [0.29, 0.717) is 11.4 Å². The van der Waals surface area contributed by atoms with Crippen LogP contribution in [0.1, 0.15) is 25.5 Å². The quantitative estimate of drug-likeness (QED) is 0.839. The Kier molecular flexibility index (Phi) is 5.21. The number of ether oxygens (including phenoxy) is 1. The molecular formula is C20H20F2N2O2. The Bertz CT molecular complexity index is 791. The Morgan fingerprint density at radius 3 is 2.35 bits per heavy atom. The van der Waals surface area contributed by atoms with Crippen molar-refractivity contribution in [3.63, 3.8) is 0 Å². The molecule has 136 valence electrons. The Balaban J connectivity index is 1.71. The van der Waals surface area contributed by atoms with E-state index in [-0.39, 0.29) is 23.7 Å². The minimum Gasteiger partial charge on any atom is -0.435 e. The van der Waals surface area contributed by atoms with Gasteiger partial charge in [0.15, 0.2) is 0 Å². The molecule has 0 aromatic heterocycles. The first-order valence-corrected chi connectivity index (χ1v) is 8.37. The molecule has 0 fully saturated rings. The van der Waals surface area contributed by atoms with Crippen molar-refractivity contribution >= 4 is 11.6 Å². The smallest absolute Gasteiger partial charge is 0.387 e. The number of halogens is 2. The van der Waals surface area contributed by atoms with Gasteiger partial charge < -0.3 is 15.0 Å². The van der Waals surface area contributed by atoms with Crippen LogP contribution in [0.4, 0.5) is 14.5 Å². The number of hydrogen-bond acceptors (Lipinski definition) is 3. The Morgan fingerprint density at radius 2 is 1.73 bits per heavy atom. The highest BCUT2D eigenvalue weighted by molar-refractivity contribution is 6.08. The topological polar surface area (TPSA) is 41.6 Å². The number of benzene rings is 2. The maximum absolute atomic E-state index is 12.8. The SMILES string of the molecule is CC(NC1=CC(C)N(c2ccc(OC(F)F)cc2)C1=O)c1ccccc1. The van der Waals surface area contributed by atoms with E-state index in [9.17, 15) is 13.6 Å². The van der Waals surface area contributed by atoms with Crippen molar-refractivity contribution in [3.8, 4) is 5.75 Å². The van der Waals surface area contributed by atoms with Crippen molar-refractivity contribution in [2.75, 3.05) is 4.90 Å². The molecule has 6 heteroatoms. The molecule has 0 saturated heterocycles. The fourth-order valence-electron chi connectivity index (χ4n) is 3.01. The normalized spacial score (nSPS) is 18.0. The van der Waals surface area contributed by atoms with Gasteiger partial charge in [0.2, 0.25) is 0 Å². The summed E-state index contributed by atoms with van der Waals surface area (Å²) in [6, 6.07) is 15.8. The summed E-state index contributed by atoms with van der Waals surface area (Å²) in [5, 5.41) is 3.26. The van der Waals surface area contributed by atoms with E-state index in [0.717, 1.165) is 5.56 Å². The zero-order valence-electron chi connectivity index (χ0n) is 14.5. The highest BCUT2D eigenvalue weighted by Crippen LogP contribution is 2.28. The molecule has 0 radical (unpaired) electrons. The Labute approximate surface area is 151 Å². The first-order chi connectivity index (χ1) is 12.5. The van der Waals surface area contributed by atoms with Crippen LogP contribution in [-0.4, -0.2) is 18.6 Å². The highest BCUT2D eigenvalue weighted by atomic mass is 19.3. The van der Waals surface area contributed by atoms with Gasteiger partial charge in [-0.3, -0.25) is 4.79 Å². The zero-order chi connectivity index (χ0) is 18.7. The second kappa shape index (κ2) is 7.56. The van der Waals surface area contributed by atoms with Crippen molar-refractivity contribution in [1.29, 1.82) is 0 Å². The molecule has 0 saturated carbocycles. The highest BCUT2D eigenvalue weighted by Gasteiger charge is 2.31. The molecule has 1 aliphatic rings. The van der Waals surface area contributed by atoms with Crippen LogP contribution < -0.4 is 15.0 Å². The van der Waals surface area contributed by atoms with Gasteiger partial charge in [0.25, 0.3) is 5.91 Å². The summed E-state index contributed by atoms with van der Waals surface area (Å²) in [5.41, 5.74) is 2.24. The molecule has 0 spiro atoms. The van der Waals surface area contributed by atoms with E-state index in [1.165, 1.54) is 12.1 Å². The molecule has 0 aliphatic carbocycles. The molecule has 4 nitrogen and oxygen atoms in total. The summed E-state index contributed by atoms with van der Waals surface area (Å²) >= 11 is 0. The first kappa shape index (κ1) is 17.9. The molecule has 1 heterocycles. The number of rotatable bonds is 6. The third-order valence-electron chi connectivity index (χ3n) is 4.28. The molecule has 2 unspecified atom stereocenters. The van der Waals surface area contributed by atoms with E-state index in [1.807, 2.05) is 50.3 Å². The number of amides is 1. The molecule has 2 atom stereocenters. The summed E-state index contributed by atoms with van der Waals surface area (Å²) in [4.78, 5) is 14.4. The summed E-state index contributed by atoms with van der Waals surface area (Å²) in [7, 11) is 0. The summed E-state index contributed by atoms with van der Waals surface area (Å²) in [6.45, 7) is 1.03. The van der Waals surface area contributed by atoms with Crippen molar-refractivity contribution < 1.29 is 18.3 Å². The van der Waals surface area contributed by atoms with Gasteiger partial charge in [-0.2, -0.15) is 8.78 Å². The first-order valence-electron chi connectivity index (χ1n) is 8.37. The number of hydrogen-bond donors (Lipinski definition) is 1. The van der Waals surface area contributed by atoms with Gasteiger partial charge in [-0.25, -0.2) is 0 Å². The number of carbonyl (C=O) groups is 1.